The third kappa shape index (κ3) is 5.34. The number of hydrogen-bond acceptors (Lipinski definition) is 4. The SMILES string of the molecule is CCCCc1ccccc1OCc1ccccc1N(C)C(=O)C=NOC. The Morgan fingerprint density at radius 3 is 2.54 bits per heavy atom. The lowest BCUT2D eigenvalue weighted by molar-refractivity contribution is -0.112. The fourth-order valence-corrected chi connectivity index (χ4v) is 2.64. The Bertz CT molecular complexity index is 744. The number of ether oxygens (including phenoxy) is 1. The van der Waals surface area contributed by atoms with E-state index in [1.54, 1.807) is 7.05 Å². The van der Waals surface area contributed by atoms with Crippen LogP contribution in [0.4, 0.5) is 5.69 Å². The van der Waals surface area contributed by atoms with Gasteiger partial charge in [-0.3, -0.25) is 4.79 Å². The molecule has 0 radical (unpaired) electrons. The third-order valence-corrected chi connectivity index (χ3v) is 4.11. The normalized spacial score (nSPS) is 10.7. The van der Waals surface area contributed by atoms with Gasteiger partial charge < -0.3 is 14.5 Å². The number of unbranched alkanes of at least 4 members (excludes halogenated alkanes) is 1. The molecule has 5 nitrogen and oxygen atoms in total. The van der Waals surface area contributed by atoms with E-state index in [9.17, 15) is 4.79 Å². The first-order valence-electron chi connectivity index (χ1n) is 8.80. The number of aryl methyl sites for hydroxylation is 1. The smallest absolute Gasteiger partial charge is 0.272 e. The first-order chi connectivity index (χ1) is 12.7. The molecular formula is C21H26N2O3. The fourth-order valence-electron chi connectivity index (χ4n) is 2.64. The molecule has 2 aromatic carbocycles. The molecule has 0 saturated carbocycles. The third-order valence-electron chi connectivity index (χ3n) is 4.11. The fraction of sp³-hybridized carbons (Fsp3) is 0.333. The van der Waals surface area contributed by atoms with Crippen LogP contribution >= 0.6 is 0 Å². The molecule has 0 atom stereocenters. The Morgan fingerprint density at radius 2 is 1.81 bits per heavy atom. The molecule has 26 heavy (non-hydrogen) atoms. The van der Waals surface area contributed by atoms with Crippen molar-refractivity contribution in [2.45, 2.75) is 32.8 Å². The minimum atomic E-state index is -0.261. The zero-order valence-corrected chi connectivity index (χ0v) is 15.6. The number of oxime groups is 1. The maximum absolute atomic E-state index is 12.2. The molecule has 2 rings (SSSR count). The first kappa shape index (κ1) is 19.5. The maximum atomic E-state index is 12.2. The van der Waals surface area contributed by atoms with E-state index < -0.39 is 0 Å². The lowest BCUT2D eigenvalue weighted by Gasteiger charge is -2.19. The summed E-state index contributed by atoms with van der Waals surface area (Å²) in [6, 6.07) is 15.8. The van der Waals surface area contributed by atoms with Gasteiger partial charge in [-0.25, -0.2) is 0 Å². The molecule has 0 aliphatic heterocycles. The lowest BCUT2D eigenvalue weighted by atomic mass is 10.1. The van der Waals surface area contributed by atoms with E-state index in [4.69, 9.17) is 4.74 Å². The highest BCUT2D eigenvalue weighted by Gasteiger charge is 2.13. The van der Waals surface area contributed by atoms with Crippen molar-refractivity contribution in [3.63, 3.8) is 0 Å². The summed E-state index contributed by atoms with van der Waals surface area (Å²) in [6.45, 7) is 2.57. The van der Waals surface area contributed by atoms with E-state index in [1.165, 1.54) is 17.6 Å². The quantitative estimate of drug-likeness (QED) is 0.501. The number of rotatable bonds is 9. The second-order valence-corrected chi connectivity index (χ2v) is 5.94. The van der Waals surface area contributed by atoms with Crippen LogP contribution in [0.2, 0.25) is 0 Å². The van der Waals surface area contributed by atoms with Crippen LogP contribution in [0, 0.1) is 0 Å². The molecular weight excluding hydrogens is 328 g/mol. The monoisotopic (exact) mass is 354 g/mol. The van der Waals surface area contributed by atoms with E-state index in [0.717, 1.165) is 42.5 Å². The van der Waals surface area contributed by atoms with E-state index in [1.807, 2.05) is 42.5 Å². The minimum absolute atomic E-state index is 0.261. The van der Waals surface area contributed by atoms with Crippen molar-refractivity contribution in [2.24, 2.45) is 5.16 Å². The molecule has 0 unspecified atom stereocenters. The summed E-state index contributed by atoms with van der Waals surface area (Å²) in [5, 5.41) is 3.53. The molecule has 0 heterocycles. The number of nitrogens with zero attached hydrogens (tertiary/aromatic N) is 2. The van der Waals surface area contributed by atoms with Gasteiger partial charge in [0, 0.05) is 12.6 Å². The van der Waals surface area contributed by atoms with E-state index in [0.29, 0.717) is 6.61 Å². The summed E-state index contributed by atoms with van der Waals surface area (Å²) < 4.78 is 6.08. The number of hydrogen-bond donors (Lipinski definition) is 0. The minimum Gasteiger partial charge on any atom is -0.489 e. The second-order valence-electron chi connectivity index (χ2n) is 5.94. The largest absolute Gasteiger partial charge is 0.489 e. The molecule has 2 aromatic rings. The van der Waals surface area contributed by atoms with Crippen LogP contribution in [0.25, 0.3) is 0 Å². The molecule has 1 amide bonds. The molecule has 0 fully saturated rings. The zero-order valence-electron chi connectivity index (χ0n) is 15.6. The second kappa shape index (κ2) is 10.2. The lowest BCUT2D eigenvalue weighted by Crippen LogP contribution is -2.28. The van der Waals surface area contributed by atoms with Crippen molar-refractivity contribution >= 4 is 17.8 Å². The van der Waals surface area contributed by atoms with E-state index >= 15 is 0 Å². The van der Waals surface area contributed by atoms with Crippen LogP contribution in [-0.2, 0) is 22.7 Å². The van der Waals surface area contributed by atoms with Gasteiger partial charge in [-0.1, -0.05) is 54.9 Å². The van der Waals surface area contributed by atoms with Crippen molar-refractivity contribution in [3.8, 4) is 5.75 Å². The van der Waals surface area contributed by atoms with Gasteiger partial charge in [0.1, 0.15) is 25.7 Å². The van der Waals surface area contributed by atoms with Gasteiger partial charge in [0.05, 0.1) is 5.69 Å². The first-order valence-corrected chi connectivity index (χ1v) is 8.80. The standard InChI is InChI=1S/C21H26N2O3/c1-4-5-10-17-11-7-9-14-20(17)26-16-18-12-6-8-13-19(18)23(2)21(24)15-22-25-3/h6-9,11-15H,4-5,10,16H2,1-3H3. The van der Waals surface area contributed by atoms with Crippen molar-refractivity contribution < 1.29 is 14.4 Å². The van der Waals surface area contributed by atoms with Crippen LogP contribution in [0.5, 0.6) is 5.75 Å². The van der Waals surface area contributed by atoms with Crippen molar-refractivity contribution in [1.82, 2.24) is 0 Å². The molecule has 0 aliphatic rings. The molecule has 0 aromatic heterocycles. The summed E-state index contributed by atoms with van der Waals surface area (Å²) in [4.78, 5) is 18.3. The average Bonchev–Trinajstić information content (AvgIpc) is 2.69. The van der Waals surface area contributed by atoms with Gasteiger partial charge in [-0.05, 0) is 30.5 Å². The summed E-state index contributed by atoms with van der Waals surface area (Å²) >= 11 is 0. The van der Waals surface area contributed by atoms with Crippen molar-refractivity contribution in [1.29, 1.82) is 0 Å². The molecule has 0 saturated heterocycles. The topological polar surface area (TPSA) is 51.1 Å². The Morgan fingerprint density at radius 1 is 1.12 bits per heavy atom. The summed E-state index contributed by atoms with van der Waals surface area (Å²) in [5.74, 6) is 0.633. The molecule has 0 aliphatic carbocycles. The van der Waals surface area contributed by atoms with Gasteiger partial charge in [0.2, 0.25) is 0 Å². The molecule has 0 spiro atoms. The van der Waals surface area contributed by atoms with Crippen LogP contribution < -0.4 is 9.64 Å². The van der Waals surface area contributed by atoms with Gasteiger partial charge in [-0.2, -0.15) is 0 Å². The number of anilines is 1. The van der Waals surface area contributed by atoms with Gasteiger partial charge in [0.25, 0.3) is 5.91 Å². The number of para-hydroxylation sites is 2. The highest BCUT2D eigenvalue weighted by molar-refractivity contribution is 6.32. The Kier molecular flexibility index (Phi) is 7.68. The summed E-state index contributed by atoms with van der Waals surface area (Å²) in [5.41, 5.74) is 2.93. The van der Waals surface area contributed by atoms with E-state index in [-0.39, 0.29) is 5.91 Å². The van der Waals surface area contributed by atoms with Gasteiger partial charge in [-0.15, -0.1) is 0 Å². The predicted octanol–water partition coefficient (Wildman–Crippen LogP) is 4.20. The molecule has 5 heteroatoms. The Labute approximate surface area is 155 Å². The predicted molar refractivity (Wildman–Crippen MR) is 105 cm³/mol. The molecule has 138 valence electrons. The Balaban J connectivity index is 2.14. The molecule has 0 bridgehead atoms. The average molecular weight is 354 g/mol. The molecule has 0 N–H and O–H groups in total. The van der Waals surface area contributed by atoms with Crippen LogP contribution in [0.1, 0.15) is 30.9 Å². The number of carbonyl (C=O) groups is 1. The van der Waals surface area contributed by atoms with Crippen molar-refractivity contribution in [3.05, 3.63) is 59.7 Å². The summed E-state index contributed by atoms with van der Waals surface area (Å²) in [6.07, 6.45) is 4.43. The highest BCUT2D eigenvalue weighted by Crippen LogP contribution is 2.24. The maximum Gasteiger partial charge on any atom is 0.272 e. The number of benzene rings is 2. The number of carbonyl (C=O) groups excluding carboxylic acids is 1. The van der Waals surface area contributed by atoms with E-state index in [2.05, 4.69) is 23.0 Å². The van der Waals surface area contributed by atoms with Crippen LogP contribution in [0.3, 0.4) is 0 Å². The zero-order chi connectivity index (χ0) is 18.8. The van der Waals surface area contributed by atoms with Gasteiger partial charge in [0.15, 0.2) is 0 Å². The Hall–Kier alpha value is -2.82. The number of amides is 1. The van der Waals surface area contributed by atoms with Crippen molar-refractivity contribution in [2.75, 3.05) is 19.1 Å². The van der Waals surface area contributed by atoms with Crippen LogP contribution in [-0.4, -0.2) is 26.3 Å². The summed E-state index contributed by atoms with van der Waals surface area (Å²) in [7, 11) is 3.11. The van der Waals surface area contributed by atoms with Crippen LogP contribution in [0.15, 0.2) is 53.7 Å². The highest BCUT2D eigenvalue weighted by atomic mass is 16.6. The van der Waals surface area contributed by atoms with Gasteiger partial charge >= 0.3 is 0 Å².